The van der Waals surface area contributed by atoms with Crippen LogP contribution in [-0.4, -0.2) is 37.2 Å². The number of unbranched alkanes of at least 4 members (excludes halogenated alkanes) is 41. The average molecular weight is 1120 g/mol. The third kappa shape index (κ3) is 65.7. The van der Waals surface area contributed by atoms with Gasteiger partial charge in [0.05, 0.1) is 0 Å². The van der Waals surface area contributed by atoms with E-state index in [9.17, 15) is 14.4 Å². The van der Waals surface area contributed by atoms with Crippen molar-refractivity contribution in [2.75, 3.05) is 13.2 Å². The second-order valence-electron chi connectivity index (χ2n) is 23.4. The third-order valence-electron chi connectivity index (χ3n) is 15.4. The van der Waals surface area contributed by atoms with E-state index in [4.69, 9.17) is 14.2 Å². The summed E-state index contributed by atoms with van der Waals surface area (Å²) >= 11 is 0. The van der Waals surface area contributed by atoms with Crippen LogP contribution >= 0.6 is 0 Å². The molecule has 0 saturated carbocycles. The molecule has 0 aliphatic carbocycles. The molecule has 80 heavy (non-hydrogen) atoms. The second kappa shape index (κ2) is 68.3. The number of carbonyl (C=O) groups excluding carboxylic acids is 3. The molecule has 0 aliphatic rings. The van der Waals surface area contributed by atoms with Crippen molar-refractivity contribution in [3.8, 4) is 0 Å². The molecule has 0 saturated heterocycles. The normalized spacial score (nSPS) is 12.5. The minimum atomic E-state index is -0.788. The molecule has 0 aliphatic heterocycles. The van der Waals surface area contributed by atoms with Crippen molar-refractivity contribution in [3.63, 3.8) is 0 Å². The van der Waals surface area contributed by atoms with Gasteiger partial charge >= 0.3 is 17.9 Å². The number of hydrogen-bond donors (Lipinski definition) is 0. The van der Waals surface area contributed by atoms with Crippen LogP contribution in [0.1, 0.15) is 361 Å². The van der Waals surface area contributed by atoms with Gasteiger partial charge < -0.3 is 14.2 Å². The Kier molecular flexibility index (Phi) is 65.7. The lowest BCUT2D eigenvalue weighted by Gasteiger charge is -2.18. The Balaban J connectivity index is 4.30. The SMILES string of the molecule is CC/C=C\C/C=C\C/C=C\C/C=C\CCCCCCCCC(=O)OC(COC(=O)CCCCCCC/C=C\CCCCCCCCC)COC(=O)CCCCCCCCCCCCCCCCC/C=C\CCCCCCCCCC. The molecule has 0 aromatic rings. The number of ether oxygens (including phenoxy) is 3. The van der Waals surface area contributed by atoms with Crippen LogP contribution in [0.3, 0.4) is 0 Å². The van der Waals surface area contributed by atoms with Crippen LogP contribution in [0.15, 0.2) is 72.9 Å². The zero-order valence-corrected chi connectivity index (χ0v) is 53.3. The molecule has 0 bridgehead atoms. The highest BCUT2D eigenvalue weighted by atomic mass is 16.6. The van der Waals surface area contributed by atoms with Crippen LogP contribution in [0.4, 0.5) is 0 Å². The van der Waals surface area contributed by atoms with Gasteiger partial charge in [-0.15, -0.1) is 0 Å². The maximum Gasteiger partial charge on any atom is 0.306 e. The molecular formula is C74H132O6. The van der Waals surface area contributed by atoms with Gasteiger partial charge in [-0.2, -0.15) is 0 Å². The van der Waals surface area contributed by atoms with Gasteiger partial charge in [0.1, 0.15) is 13.2 Å². The number of hydrogen-bond acceptors (Lipinski definition) is 6. The molecule has 0 rings (SSSR count). The van der Waals surface area contributed by atoms with Gasteiger partial charge in [-0.05, 0) is 109 Å². The highest BCUT2D eigenvalue weighted by molar-refractivity contribution is 5.71. The van der Waals surface area contributed by atoms with Crippen LogP contribution in [0, 0.1) is 0 Å². The first kappa shape index (κ1) is 76.9. The maximum atomic E-state index is 12.9. The van der Waals surface area contributed by atoms with E-state index >= 15 is 0 Å². The summed E-state index contributed by atoms with van der Waals surface area (Å²) in [6, 6.07) is 0. The van der Waals surface area contributed by atoms with Crippen molar-refractivity contribution in [2.24, 2.45) is 0 Å². The van der Waals surface area contributed by atoms with Gasteiger partial charge in [0, 0.05) is 19.3 Å². The summed E-state index contributed by atoms with van der Waals surface area (Å²) in [5.74, 6) is -0.885. The molecule has 0 N–H and O–H groups in total. The predicted octanol–water partition coefficient (Wildman–Crippen LogP) is 24.1. The molecule has 1 unspecified atom stereocenters. The van der Waals surface area contributed by atoms with Crippen molar-refractivity contribution in [1.29, 1.82) is 0 Å². The third-order valence-corrected chi connectivity index (χ3v) is 15.4. The topological polar surface area (TPSA) is 78.9 Å². The minimum absolute atomic E-state index is 0.0814. The molecule has 0 amide bonds. The number of carbonyl (C=O) groups is 3. The molecular weight excluding hydrogens is 985 g/mol. The van der Waals surface area contributed by atoms with E-state index in [2.05, 4.69) is 93.7 Å². The Labute approximate surface area is 497 Å². The fraction of sp³-hybridized carbons (Fsp3) is 0.797. The standard InChI is InChI=1S/C74H132O6/c1-4-7-10-13-16-19-22-25-28-31-33-34-35-36-37-38-39-40-42-43-46-49-52-55-58-61-64-67-73(76)79-70-71(69-78-72(75)66-63-60-57-54-51-48-45-30-27-24-21-18-15-12-9-6-3)80-74(77)68-65-62-59-56-53-50-47-44-41-32-29-26-23-20-17-14-11-8-5-2/h8,11,17,20,26,29-31,33,41,44-45,71H,4-7,9-10,12-16,18-19,21-25,27-28,32,34-40,42-43,46-70H2,1-3H3/b11-8-,20-17-,29-26-,33-31-,44-41-,45-30-. The first-order valence-electron chi connectivity index (χ1n) is 34.9. The van der Waals surface area contributed by atoms with Crippen molar-refractivity contribution < 1.29 is 28.6 Å². The average Bonchev–Trinajstić information content (AvgIpc) is 3.46. The molecule has 464 valence electrons. The fourth-order valence-electron chi connectivity index (χ4n) is 10.2. The number of esters is 3. The van der Waals surface area contributed by atoms with Crippen molar-refractivity contribution >= 4 is 17.9 Å². The van der Waals surface area contributed by atoms with Crippen molar-refractivity contribution in [1.82, 2.24) is 0 Å². The van der Waals surface area contributed by atoms with Crippen molar-refractivity contribution in [2.45, 2.75) is 367 Å². The molecule has 1 atom stereocenters. The molecule has 0 aromatic carbocycles. The van der Waals surface area contributed by atoms with Crippen LogP contribution in [0.5, 0.6) is 0 Å². The molecule has 0 fully saturated rings. The van der Waals surface area contributed by atoms with E-state index < -0.39 is 6.10 Å². The van der Waals surface area contributed by atoms with Crippen LogP contribution in [0.25, 0.3) is 0 Å². The lowest BCUT2D eigenvalue weighted by atomic mass is 10.0. The first-order chi connectivity index (χ1) is 39.5. The molecule has 0 aromatic heterocycles. The Hall–Kier alpha value is -3.15. The molecule has 0 spiro atoms. The lowest BCUT2D eigenvalue weighted by Crippen LogP contribution is -2.30. The summed E-state index contributed by atoms with van der Waals surface area (Å²) < 4.78 is 17.0. The quantitative estimate of drug-likeness (QED) is 0.0261. The summed E-state index contributed by atoms with van der Waals surface area (Å²) in [7, 11) is 0. The number of allylic oxidation sites excluding steroid dienone is 12. The highest BCUT2D eigenvalue weighted by Gasteiger charge is 2.19. The van der Waals surface area contributed by atoms with E-state index in [1.54, 1.807) is 0 Å². The maximum absolute atomic E-state index is 12.9. The van der Waals surface area contributed by atoms with Crippen LogP contribution in [0.2, 0.25) is 0 Å². The van der Waals surface area contributed by atoms with Gasteiger partial charge in [0.25, 0.3) is 0 Å². The van der Waals surface area contributed by atoms with Crippen LogP contribution < -0.4 is 0 Å². The Morgan fingerprint density at radius 1 is 0.263 bits per heavy atom. The zero-order valence-electron chi connectivity index (χ0n) is 53.3. The monoisotopic (exact) mass is 1120 g/mol. The summed E-state index contributed by atoms with van der Waals surface area (Å²) in [4.78, 5) is 38.4. The van der Waals surface area contributed by atoms with Gasteiger partial charge in [0.15, 0.2) is 6.10 Å². The minimum Gasteiger partial charge on any atom is -0.462 e. The smallest absolute Gasteiger partial charge is 0.306 e. The lowest BCUT2D eigenvalue weighted by molar-refractivity contribution is -0.167. The van der Waals surface area contributed by atoms with E-state index in [0.29, 0.717) is 19.3 Å². The summed E-state index contributed by atoms with van der Waals surface area (Å²) in [5, 5.41) is 0. The van der Waals surface area contributed by atoms with Gasteiger partial charge in [0.2, 0.25) is 0 Å². The molecule has 6 heteroatoms. The first-order valence-corrected chi connectivity index (χ1v) is 34.9. The van der Waals surface area contributed by atoms with Gasteiger partial charge in [-0.3, -0.25) is 14.4 Å². The van der Waals surface area contributed by atoms with E-state index in [1.165, 1.54) is 218 Å². The van der Waals surface area contributed by atoms with Gasteiger partial charge in [-0.1, -0.05) is 306 Å². The molecule has 6 nitrogen and oxygen atoms in total. The number of rotatable bonds is 64. The Morgan fingerprint density at radius 2 is 0.487 bits per heavy atom. The highest BCUT2D eigenvalue weighted by Crippen LogP contribution is 2.17. The summed E-state index contributed by atoms with van der Waals surface area (Å²) in [5.41, 5.74) is 0. The summed E-state index contributed by atoms with van der Waals surface area (Å²) in [6.45, 7) is 6.56. The largest absolute Gasteiger partial charge is 0.462 e. The zero-order chi connectivity index (χ0) is 57.8. The fourth-order valence-corrected chi connectivity index (χ4v) is 10.2. The Morgan fingerprint density at radius 3 is 0.775 bits per heavy atom. The van der Waals surface area contributed by atoms with Gasteiger partial charge in [-0.25, -0.2) is 0 Å². The Bertz CT molecular complexity index is 1470. The molecule has 0 radical (unpaired) electrons. The van der Waals surface area contributed by atoms with E-state index in [1.807, 2.05) is 0 Å². The molecule has 0 heterocycles. The van der Waals surface area contributed by atoms with E-state index in [-0.39, 0.29) is 31.1 Å². The van der Waals surface area contributed by atoms with Crippen molar-refractivity contribution in [3.05, 3.63) is 72.9 Å². The van der Waals surface area contributed by atoms with Crippen LogP contribution in [-0.2, 0) is 28.6 Å². The second-order valence-corrected chi connectivity index (χ2v) is 23.4. The predicted molar refractivity (Wildman–Crippen MR) is 348 cm³/mol. The summed E-state index contributed by atoms with van der Waals surface area (Å²) in [6.07, 6.45) is 89.3. The van der Waals surface area contributed by atoms with E-state index in [0.717, 1.165) is 103 Å².